The van der Waals surface area contributed by atoms with E-state index >= 15 is 0 Å². The summed E-state index contributed by atoms with van der Waals surface area (Å²) in [5.41, 5.74) is 1.45. The molecule has 0 saturated carbocycles. The van der Waals surface area contributed by atoms with Gasteiger partial charge < -0.3 is 4.42 Å². The summed E-state index contributed by atoms with van der Waals surface area (Å²) < 4.78 is 5.74. The number of carbonyl (C=O) groups excluding carboxylic acids is 1. The summed E-state index contributed by atoms with van der Waals surface area (Å²) in [5, 5.41) is 14.2. The van der Waals surface area contributed by atoms with Crippen molar-refractivity contribution in [3.63, 3.8) is 0 Å². The fourth-order valence-corrected chi connectivity index (χ4v) is 4.41. The Morgan fingerprint density at radius 2 is 1.94 bits per heavy atom. The van der Waals surface area contributed by atoms with E-state index in [1.54, 1.807) is 36.5 Å². The van der Waals surface area contributed by atoms with Gasteiger partial charge in [0.05, 0.1) is 5.02 Å². The van der Waals surface area contributed by atoms with Gasteiger partial charge in [0, 0.05) is 39.2 Å². The maximum atomic E-state index is 12.6. The van der Waals surface area contributed by atoms with E-state index in [9.17, 15) is 10.1 Å². The van der Waals surface area contributed by atoms with Gasteiger partial charge in [-0.05, 0) is 42.0 Å². The number of halogens is 3. The standard InChI is InChI=1S/C24H14Cl3N3O2S/c25-16-5-7-21(27)19(11-16)22-8-6-17(32-22)9-15(12-28)23(31)30-24-29-13-18(33-24)10-14-3-1-2-4-20(14)26/h1-9,11,13H,10H2,(H,29,30,31). The highest BCUT2D eigenvalue weighted by molar-refractivity contribution is 7.15. The quantitative estimate of drug-likeness (QED) is 0.213. The fourth-order valence-electron chi connectivity index (χ4n) is 2.99. The molecule has 0 aliphatic rings. The Morgan fingerprint density at radius 3 is 2.73 bits per heavy atom. The summed E-state index contributed by atoms with van der Waals surface area (Å²) in [7, 11) is 0. The van der Waals surface area contributed by atoms with E-state index in [-0.39, 0.29) is 5.57 Å². The lowest BCUT2D eigenvalue weighted by atomic mass is 10.1. The second-order valence-corrected chi connectivity index (χ2v) is 9.22. The summed E-state index contributed by atoms with van der Waals surface area (Å²) in [4.78, 5) is 17.8. The number of nitriles is 1. The van der Waals surface area contributed by atoms with Gasteiger partial charge in [-0.3, -0.25) is 10.1 Å². The van der Waals surface area contributed by atoms with Crippen LogP contribution >= 0.6 is 46.1 Å². The van der Waals surface area contributed by atoms with Crippen molar-refractivity contribution in [1.29, 1.82) is 5.26 Å². The zero-order chi connectivity index (χ0) is 23.4. The molecule has 2 heterocycles. The molecule has 33 heavy (non-hydrogen) atoms. The molecule has 0 unspecified atom stereocenters. The molecule has 0 spiro atoms. The van der Waals surface area contributed by atoms with E-state index in [4.69, 9.17) is 39.2 Å². The first kappa shape index (κ1) is 23.1. The summed E-state index contributed by atoms with van der Waals surface area (Å²) in [5.74, 6) is 0.205. The minimum atomic E-state index is -0.588. The number of thiazole rings is 1. The molecule has 0 fully saturated rings. The summed E-state index contributed by atoms with van der Waals surface area (Å²) in [6.45, 7) is 0. The third kappa shape index (κ3) is 5.65. The number of nitrogens with zero attached hydrogens (tertiary/aromatic N) is 2. The van der Waals surface area contributed by atoms with Crippen LogP contribution in [0.2, 0.25) is 15.1 Å². The van der Waals surface area contributed by atoms with E-state index < -0.39 is 5.91 Å². The lowest BCUT2D eigenvalue weighted by Gasteiger charge is -2.02. The van der Waals surface area contributed by atoms with Gasteiger partial charge in [0.1, 0.15) is 23.2 Å². The largest absolute Gasteiger partial charge is 0.457 e. The maximum absolute atomic E-state index is 12.6. The van der Waals surface area contributed by atoms with E-state index in [2.05, 4.69) is 10.3 Å². The van der Waals surface area contributed by atoms with Gasteiger partial charge in [-0.2, -0.15) is 5.26 Å². The number of benzene rings is 2. The lowest BCUT2D eigenvalue weighted by molar-refractivity contribution is -0.112. The highest BCUT2D eigenvalue weighted by atomic mass is 35.5. The first-order chi connectivity index (χ1) is 15.9. The van der Waals surface area contributed by atoms with Crippen LogP contribution in [0.3, 0.4) is 0 Å². The highest BCUT2D eigenvalue weighted by Crippen LogP contribution is 2.32. The molecule has 164 valence electrons. The topological polar surface area (TPSA) is 78.9 Å². The monoisotopic (exact) mass is 513 g/mol. The van der Waals surface area contributed by atoms with Crippen molar-refractivity contribution in [2.24, 2.45) is 0 Å². The van der Waals surface area contributed by atoms with Crippen molar-refractivity contribution >= 4 is 63.3 Å². The SMILES string of the molecule is N#CC(=Cc1ccc(-c2cc(Cl)ccc2Cl)o1)C(=O)Nc1ncc(Cc2ccccc2Cl)s1. The van der Waals surface area contributed by atoms with Crippen molar-refractivity contribution in [3.8, 4) is 17.4 Å². The van der Waals surface area contributed by atoms with Gasteiger partial charge in [0.15, 0.2) is 5.13 Å². The van der Waals surface area contributed by atoms with Gasteiger partial charge in [0.2, 0.25) is 0 Å². The second kappa shape index (κ2) is 10.2. The number of nitrogens with one attached hydrogen (secondary N) is 1. The third-order valence-electron chi connectivity index (χ3n) is 4.57. The lowest BCUT2D eigenvalue weighted by Crippen LogP contribution is -2.13. The number of amides is 1. The first-order valence-electron chi connectivity index (χ1n) is 9.59. The molecule has 9 heteroatoms. The van der Waals surface area contributed by atoms with Gasteiger partial charge in [-0.15, -0.1) is 11.3 Å². The molecule has 0 saturated heterocycles. The number of anilines is 1. The molecule has 2 aromatic heterocycles. The van der Waals surface area contributed by atoms with Crippen LogP contribution < -0.4 is 5.32 Å². The molecule has 1 amide bonds. The Kier molecular flexibility index (Phi) is 7.17. The Labute approximate surface area is 208 Å². The van der Waals surface area contributed by atoms with Gasteiger partial charge in [-0.1, -0.05) is 53.0 Å². The summed E-state index contributed by atoms with van der Waals surface area (Å²) in [6, 6.07) is 17.8. The number of rotatable bonds is 6. The predicted octanol–water partition coefficient (Wildman–Crippen LogP) is 7.50. The summed E-state index contributed by atoms with van der Waals surface area (Å²) >= 11 is 19.8. The Hall–Kier alpha value is -3.08. The van der Waals surface area contributed by atoms with Crippen LogP contribution in [0, 0.1) is 11.3 Å². The predicted molar refractivity (Wildman–Crippen MR) is 133 cm³/mol. The van der Waals surface area contributed by atoms with Crippen molar-refractivity contribution in [1.82, 2.24) is 4.98 Å². The van der Waals surface area contributed by atoms with Crippen molar-refractivity contribution < 1.29 is 9.21 Å². The van der Waals surface area contributed by atoms with Crippen LogP contribution in [0.25, 0.3) is 17.4 Å². The van der Waals surface area contributed by atoms with Crippen LogP contribution in [0.15, 0.2) is 70.8 Å². The zero-order valence-corrected chi connectivity index (χ0v) is 19.9. The van der Waals surface area contributed by atoms with Crippen LogP contribution in [0.4, 0.5) is 5.13 Å². The third-order valence-corrected chi connectivity index (χ3v) is 6.42. The van der Waals surface area contributed by atoms with Crippen molar-refractivity contribution in [2.45, 2.75) is 6.42 Å². The highest BCUT2D eigenvalue weighted by Gasteiger charge is 2.15. The minimum Gasteiger partial charge on any atom is -0.457 e. The van der Waals surface area contributed by atoms with Gasteiger partial charge >= 0.3 is 0 Å². The fraction of sp³-hybridized carbons (Fsp3) is 0.0417. The van der Waals surface area contributed by atoms with Crippen LogP contribution in [-0.4, -0.2) is 10.9 Å². The van der Waals surface area contributed by atoms with E-state index in [0.717, 1.165) is 10.4 Å². The molecule has 0 aliphatic carbocycles. The molecule has 4 rings (SSSR count). The molecule has 0 radical (unpaired) electrons. The van der Waals surface area contributed by atoms with Gasteiger partial charge in [0.25, 0.3) is 5.91 Å². The van der Waals surface area contributed by atoms with Crippen LogP contribution in [-0.2, 0) is 11.2 Å². The van der Waals surface area contributed by atoms with Gasteiger partial charge in [-0.25, -0.2) is 4.98 Å². The first-order valence-corrected chi connectivity index (χ1v) is 11.5. The molecule has 0 aliphatic heterocycles. The van der Waals surface area contributed by atoms with E-state index in [1.807, 2.05) is 30.3 Å². The minimum absolute atomic E-state index is 0.129. The molecule has 0 bridgehead atoms. The molecule has 5 nitrogen and oxygen atoms in total. The molecular formula is C24H14Cl3N3O2S. The van der Waals surface area contributed by atoms with E-state index in [0.29, 0.717) is 43.7 Å². The van der Waals surface area contributed by atoms with Crippen molar-refractivity contribution in [2.75, 3.05) is 5.32 Å². The number of aromatic nitrogens is 1. The van der Waals surface area contributed by atoms with E-state index in [1.165, 1.54) is 17.4 Å². The molecule has 1 N–H and O–H groups in total. The number of hydrogen-bond donors (Lipinski definition) is 1. The number of carbonyl (C=O) groups is 1. The van der Waals surface area contributed by atoms with Crippen LogP contribution in [0.1, 0.15) is 16.2 Å². The number of furan rings is 1. The Morgan fingerprint density at radius 1 is 1.12 bits per heavy atom. The maximum Gasteiger partial charge on any atom is 0.268 e. The molecular weight excluding hydrogens is 501 g/mol. The second-order valence-electron chi connectivity index (χ2n) is 6.85. The molecule has 2 aromatic carbocycles. The Bertz CT molecular complexity index is 1400. The normalized spacial score (nSPS) is 11.3. The number of hydrogen-bond acceptors (Lipinski definition) is 5. The molecule has 0 atom stereocenters. The average Bonchev–Trinajstić information content (AvgIpc) is 3.44. The molecule has 4 aromatic rings. The average molecular weight is 515 g/mol. The zero-order valence-electron chi connectivity index (χ0n) is 16.8. The Balaban J connectivity index is 1.48. The van der Waals surface area contributed by atoms with Crippen molar-refractivity contribution in [3.05, 3.63) is 97.6 Å². The van der Waals surface area contributed by atoms with Crippen LogP contribution in [0.5, 0.6) is 0 Å². The smallest absolute Gasteiger partial charge is 0.268 e. The summed E-state index contributed by atoms with van der Waals surface area (Å²) in [6.07, 6.45) is 3.62.